The molecule has 0 saturated carbocycles. The van der Waals surface area contributed by atoms with Crippen LogP contribution in [0.1, 0.15) is 38.7 Å². The van der Waals surface area contributed by atoms with Crippen LogP contribution in [0.15, 0.2) is 29.2 Å². The second-order valence-electron chi connectivity index (χ2n) is 7.61. The molecule has 0 N–H and O–H groups in total. The van der Waals surface area contributed by atoms with E-state index in [1.165, 1.54) is 0 Å². The molecule has 166 valence electrons. The summed E-state index contributed by atoms with van der Waals surface area (Å²) >= 11 is 0.781. The SMILES string of the molecule is CC(C)OC(=O)CN1C(=O)S/C(=C\c2ccc(OCC(=O)N3CCCCC3)cc2)C1=O. The Morgan fingerprint density at radius 1 is 1.10 bits per heavy atom. The van der Waals surface area contributed by atoms with Crippen molar-refractivity contribution in [3.63, 3.8) is 0 Å². The topological polar surface area (TPSA) is 93.2 Å². The molecule has 0 aromatic heterocycles. The molecular formula is C22H26N2O6S. The maximum absolute atomic E-state index is 12.5. The molecule has 0 atom stereocenters. The highest BCUT2D eigenvalue weighted by molar-refractivity contribution is 8.18. The lowest BCUT2D eigenvalue weighted by Crippen LogP contribution is -2.38. The van der Waals surface area contributed by atoms with E-state index in [1.54, 1.807) is 44.2 Å². The molecule has 0 spiro atoms. The number of rotatable bonds is 7. The van der Waals surface area contributed by atoms with Crippen molar-refractivity contribution in [2.24, 2.45) is 0 Å². The average molecular weight is 447 g/mol. The first-order chi connectivity index (χ1) is 14.8. The number of carbonyl (C=O) groups excluding carboxylic acids is 4. The summed E-state index contributed by atoms with van der Waals surface area (Å²) in [5.41, 5.74) is 0.699. The zero-order valence-corrected chi connectivity index (χ0v) is 18.5. The largest absolute Gasteiger partial charge is 0.484 e. The van der Waals surface area contributed by atoms with E-state index >= 15 is 0 Å². The molecule has 2 fully saturated rings. The van der Waals surface area contributed by atoms with Gasteiger partial charge in [-0.25, -0.2) is 0 Å². The molecule has 2 saturated heterocycles. The summed E-state index contributed by atoms with van der Waals surface area (Å²) in [6.07, 6.45) is 4.49. The summed E-state index contributed by atoms with van der Waals surface area (Å²) in [4.78, 5) is 51.5. The molecule has 0 aliphatic carbocycles. The zero-order chi connectivity index (χ0) is 22.4. The first-order valence-corrected chi connectivity index (χ1v) is 11.1. The smallest absolute Gasteiger partial charge is 0.326 e. The van der Waals surface area contributed by atoms with Crippen LogP contribution in [0.2, 0.25) is 0 Å². The number of esters is 1. The Bertz CT molecular complexity index is 874. The Hall–Kier alpha value is -2.81. The number of carbonyl (C=O) groups is 4. The molecule has 0 unspecified atom stereocenters. The summed E-state index contributed by atoms with van der Waals surface area (Å²) in [7, 11) is 0. The van der Waals surface area contributed by atoms with Crippen molar-refractivity contribution in [3.8, 4) is 5.75 Å². The minimum absolute atomic E-state index is 0.00921. The number of likely N-dealkylation sites (tertiary alicyclic amines) is 1. The lowest BCUT2D eigenvalue weighted by atomic mass is 10.1. The number of benzene rings is 1. The molecule has 0 bridgehead atoms. The van der Waals surface area contributed by atoms with Gasteiger partial charge >= 0.3 is 5.97 Å². The van der Waals surface area contributed by atoms with Crippen LogP contribution in [0.5, 0.6) is 5.75 Å². The van der Waals surface area contributed by atoms with Crippen LogP contribution in [-0.4, -0.2) is 65.2 Å². The van der Waals surface area contributed by atoms with Crippen LogP contribution in [0.4, 0.5) is 4.79 Å². The van der Waals surface area contributed by atoms with E-state index < -0.39 is 23.7 Å². The molecule has 31 heavy (non-hydrogen) atoms. The van der Waals surface area contributed by atoms with Gasteiger partial charge in [0.25, 0.3) is 17.1 Å². The Morgan fingerprint density at radius 3 is 2.42 bits per heavy atom. The molecule has 0 radical (unpaired) electrons. The molecule has 2 aliphatic heterocycles. The van der Waals surface area contributed by atoms with Crippen molar-refractivity contribution in [3.05, 3.63) is 34.7 Å². The summed E-state index contributed by atoms with van der Waals surface area (Å²) < 4.78 is 10.6. The minimum atomic E-state index is -0.626. The average Bonchev–Trinajstić information content (AvgIpc) is 3.00. The normalized spacial score (nSPS) is 18.1. The first-order valence-electron chi connectivity index (χ1n) is 10.3. The Kier molecular flexibility index (Phi) is 7.73. The van der Waals surface area contributed by atoms with Crippen LogP contribution < -0.4 is 4.74 Å². The molecule has 1 aromatic carbocycles. The Balaban J connectivity index is 1.55. The second kappa shape index (κ2) is 10.5. The molecule has 3 rings (SSSR count). The highest BCUT2D eigenvalue weighted by Crippen LogP contribution is 2.32. The van der Waals surface area contributed by atoms with Crippen molar-refractivity contribution in [2.75, 3.05) is 26.2 Å². The standard InChI is InChI=1S/C22H26N2O6S/c1-15(2)30-20(26)13-24-21(27)18(31-22(24)28)12-16-6-8-17(9-7-16)29-14-19(25)23-10-4-3-5-11-23/h6-9,12,15H,3-5,10-11,13-14H2,1-2H3/b18-12-. The van der Waals surface area contributed by atoms with E-state index in [2.05, 4.69) is 0 Å². The molecule has 9 heteroatoms. The number of nitrogens with zero attached hydrogens (tertiary/aromatic N) is 2. The van der Waals surface area contributed by atoms with Crippen LogP contribution >= 0.6 is 11.8 Å². The number of piperidine rings is 1. The fraction of sp³-hybridized carbons (Fsp3) is 0.455. The monoisotopic (exact) mass is 446 g/mol. The summed E-state index contributed by atoms with van der Waals surface area (Å²) in [5, 5.41) is -0.506. The van der Waals surface area contributed by atoms with E-state index in [9.17, 15) is 19.2 Å². The maximum Gasteiger partial charge on any atom is 0.326 e. The molecule has 3 amide bonds. The molecule has 8 nitrogen and oxygen atoms in total. The quantitative estimate of drug-likeness (QED) is 0.469. The number of hydrogen-bond donors (Lipinski definition) is 0. The summed E-state index contributed by atoms with van der Waals surface area (Å²) in [6, 6.07) is 6.89. The number of hydrogen-bond acceptors (Lipinski definition) is 7. The lowest BCUT2D eigenvalue weighted by molar-refractivity contribution is -0.149. The highest BCUT2D eigenvalue weighted by atomic mass is 32.2. The van der Waals surface area contributed by atoms with E-state index in [0.717, 1.165) is 49.0 Å². The third kappa shape index (κ3) is 6.33. The van der Waals surface area contributed by atoms with E-state index in [0.29, 0.717) is 11.3 Å². The number of thioether (sulfide) groups is 1. The van der Waals surface area contributed by atoms with Gasteiger partial charge in [-0.2, -0.15) is 0 Å². The van der Waals surface area contributed by atoms with Gasteiger partial charge in [0.2, 0.25) is 0 Å². The van der Waals surface area contributed by atoms with Gasteiger partial charge in [-0.1, -0.05) is 12.1 Å². The van der Waals surface area contributed by atoms with E-state index in [4.69, 9.17) is 9.47 Å². The third-order valence-electron chi connectivity index (χ3n) is 4.78. The molecule has 2 heterocycles. The van der Waals surface area contributed by atoms with Gasteiger partial charge in [0.1, 0.15) is 12.3 Å². The van der Waals surface area contributed by atoms with E-state index in [-0.39, 0.29) is 23.5 Å². The van der Waals surface area contributed by atoms with Crippen molar-refractivity contribution < 1.29 is 28.7 Å². The van der Waals surface area contributed by atoms with Gasteiger partial charge < -0.3 is 14.4 Å². The Morgan fingerprint density at radius 2 is 1.77 bits per heavy atom. The van der Waals surface area contributed by atoms with Crippen molar-refractivity contribution in [1.82, 2.24) is 9.80 Å². The van der Waals surface area contributed by atoms with Gasteiger partial charge in [-0.05, 0) is 68.6 Å². The van der Waals surface area contributed by atoms with Crippen molar-refractivity contribution >= 4 is 40.9 Å². The minimum Gasteiger partial charge on any atom is -0.484 e. The molecule has 2 aliphatic rings. The van der Waals surface area contributed by atoms with Crippen molar-refractivity contribution in [2.45, 2.75) is 39.2 Å². The first kappa shape index (κ1) is 22.9. The molecular weight excluding hydrogens is 420 g/mol. The van der Waals surface area contributed by atoms with E-state index in [1.807, 2.05) is 4.90 Å². The summed E-state index contributed by atoms with van der Waals surface area (Å²) in [6.45, 7) is 4.55. The highest BCUT2D eigenvalue weighted by Gasteiger charge is 2.36. The van der Waals surface area contributed by atoms with Gasteiger partial charge in [0.05, 0.1) is 11.0 Å². The van der Waals surface area contributed by atoms with Gasteiger partial charge in [0.15, 0.2) is 6.61 Å². The van der Waals surface area contributed by atoms with Gasteiger partial charge in [-0.3, -0.25) is 24.1 Å². The van der Waals surface area contributed by atoms with Crippen LogP contribution in [0, 0.1) is 0 Å². The molecule has 1 aromatic rings. The Labute approximate surface area is 185 Å². The fourth-order valence-corrected chi connectivity index (χ4v) is 4.10. The van der Waals surface area contributed by atoms with Crippen LogP contribution in [0.25, 0.3) is 6.08 Å². The van der Waals surface area contributed by atoms with Crippen LogP contribution in [0.3, 0.4) is 0 Å². The van der Waals surface area contributed by atoms with Gasteiger partial charge in [-0.15, -0.1) is 0 Å². The fourth-order valence-electron chi connectivity index (χ4n) is 3.26. The lowest BCUT2D eigenvalue weighted by Gasteiger charge is -2.26. The number of ether oxygens (including phenoxy) is 2. The second-order valence-corrected chi connectivity index (χ2v) is 8.60. The number of amides is 3. The maximum atomic E-state index is 12.5. The van der Waals surface area contributed by atoms with Gasteiger partial charge in [0, 0.05) is 13.1 Å². The van der Waals surface area contributed by atoms with Crippen molar-refractivity contribution in [1.29, 1.82) is 0 Å². The predicted molar refractivity (Wildman–Crippen MR) is 116 cm³/mol. The summed E-state index contributed by atoms with van der Waals surface area (Å²) in [5.74, 6) is -0.622. The number of imide groups is 1. The zero-order valence-electron chi connectivity index (χ0n) is 17.7. The third-order valence-corrected chi connectivity index (χ3v) is 5.68. The predicted octanol–water partition coefficient (Wildman–Crippen LogP) is 3.07. The van der Waals surface area contributed by atoms with Crippen LogP contribution in [-0.2, 0) is 19.1 Å².